The van der Waals surface area contributed by atoms with Gasteiger partial charge in [-0.15, -0.1) is 0 Å². The fourth-order valence-corrected chi connectivity index (χ4v) is 1.41. The van der Waals surface area contributed by atoms with Gasteiger partial charge in [0, 0.05) is 19.3 Å². The van der Waals surface area contributed by atoms with E-state index < -0.39 is 11.9 Å². The highest BCUT2D eigenvalue weighted by Gasteiger charge is 2.18. The maximum absolute atomic E-state index is 13.3. The summed E-state index contributed by atoms with van der Waals surface area (Å²) in [7, 11) is 1.44. The van der Waals surface area contributed by atoms with Gasteiger partial charge in [0.25, 0.3) is 5.91 Å². The summed E-state index contributed by atoms with van der Waals surface area (Å²) in [4.78, 5) is 27.9. The Hall–Kier alpha value is -1.98. The number of pyridine rings is 1. The fraction of sp³-hybridized carbons (Fsp3) is 0.417. The number of likely N-dealkylation sites (N-methyl/N-ethyl adjacent to an activating group) is 1. The predicted molar refractivity (Wildman–Crippen MR) is 64.4 cm³/mol. The Morgan fingerprint density at radius 3 is 2.72 bits per heavy atom. The SMILES string of the molecule is CC(C)NC(=O)CN(C)C(=O)c1cccnc1F. The lowest BCUT2D eigenvalue weighted by Crippen LogP contribution is -2.41. The van der Waals surface area contributed by atoms with Gasteiger partial charge in [0.15, 0.2) is 0 Å². The molecule has 0 atom stereocenters. The van der Waals surface area contributed by atoms with Crippen LogP contribution >= 0.6 is 0 Å². The molecule has 0 aliphatic carbocycles. The quantitative estimate of drug-likeness (QED) is 0.808. The molecule has 1 N–H and O–H groups in total. The monoisotopic (exact) mass is 253 g/mol. The van der Waals surface area contributed by atoms with Crippen LogP contribution in [0.25, 0.3) is 0 Å². The van der Waals surface area contributed by atoms with Crippen LogP contribution in [0.15, 0.2) is 18.3 Å². The van der Waals surface area contributed by atoms with Gasteiger partial charge in [-0.2, -0.15) is 4.39 Å². The zero-order valence-corrected chi connectivity index (χ0v) is 10.6. The third-order valence-corrected chi connectivity index (χ3v) is 2.17. The summed E-state index contributed by atoms with van der Waals surface area (Å²) in [5, 5.41) is 2.65. The van der Waals surface area contributed by atoms with Crippen LogP contribution in [0.4, 0.5) is 4.39 Å². The summed E-state index contributed by atoms with van der Waals surface area (Å²) < 4.78 is 13.3. The van der Waals surface area contributed by atoms with E-state index in [1.54, 1.807) is 0 Å². The van der Waals surface area contributed by atoms with Gasteiger partial charge in [0.1, 0.15) is 0 Å². The molecule has 1 aromatic heterocycles. The Labute approximate surface area is 105 Å². The third kappa shape index (κ3) is 3.80. The van der Waals surface area contributed by atoms with Gasteiger partial charge in [0.2, 0.25) is 11.9 Å². The summed E-state index contributed by atoms with van der Waals surface area (Å²) >= 11 is 0. The molecule has 0 radical (unpaired) electrons. The van der Waals surface area contributed by atoms with Gasteiger partial charge in [-0.1, -0.05) is 0 Å². The van der Waals surface area contributed by atoms with Crippen molar-refractivity contribution in [2.24, 2.45) is 0 Å². The van der Waals surface area contributed by atoms with Crippen molar-refractivity contribution in [3.63, 3.8) is 0 Å². The average molecular weight is 253 g/mol. The van der Waals surface area contributed by atoms with Crippen LogP contribution in [0.5, 0.6) is 0 Å². The molecule has 5 nitrogen and oxygen atoms in total. The molecule has 18 heavy (non-hydrogen) atoms. The summed E-state index contributed by atoms with van der Waals surface area (Å²) in [6.07, 6.45) is 1.26. The maximum atomic E-state index is 13.3. The van der Waals surface area contributed by atoms with Crippen molar-refractivity contribution in [2.45, 2.75) is 19.9 Å². The molecule has 0 unspecified atom stereocenters. The lowest BCUT2D eigenvalue weighted by atomic mass is 10.2. The molecule has 0 saturated heterocycles. The number of hydrogen-bond acceptors (Lipinski definition) is 3. The molecule has 6 heteroatoms. The molecule has 1 heterocycles. The number of halogens is 1. The van der Waals surface area contributed by atoms with Crippen molar-refractivity contribution in [1.82, 2.24) is 15.2 Å². The Morgan fingerprint density at radius 2 is 2.17 bits per heavy atom. The summed E-state index contributed by atoms with van der Waals surface area (Å²) in [5.74, 6) is -1.69. The molecule has 1 aromatic rings. The van der Waals surface area contributed by atoms with E-state index >= 15 is 0 Å². The first-order valence-electron chi connectivity index (χ1n) is 5.57. The van der Waals surface area contributed by atoms with Crippen LogP contribution in [0.2, 0.25) is 0 Å². The molecule has 0 fully saturated rings. The lowest BCUT2D eigenvalue weighted by Gasteiger charge is -2.17. The minimum Gasteiger partial charge on any atom is -0.352 e. The highest BCUT2D eigenvalue weighted by atomic mass is 19.1. The topological polar surface area (TPSA) is 62.3 Å². The van der Waals surface area contributed by atoms with Gasteiger partial charge in [-0.25, -0.2) is 4.98 Å². The van der Waals surface area contributed by atoms with Crippen molar-refractivity contribution in [2.75, 3.05) is 13.6 Å². The maximum Gasteiger partial charge on any atom is 0.258 e. The van der Waals surface area contributed by atoms with Gasteiger partial charge in [-0.3, -0.25) is 9.59 Å². The Balaban J connectivity index is 2.68. The Kier molecular flexibility index (Phi) is 4.76. The van der Waals surface area contributed by atoms with E-state index in [9.17, 15) is 14.0 Å². The zero-order valence-electron chi connectivity index (χ0n) is 10.6. The van der Waals surface area contributed by atoms with E-state index in [1.807, 2.05) is 13.8 Å². The normalized spacial score (nSPS) is 10.3. The fourth-order valence-electron chi connectivity index (χ4n) is 1.41. The number of rotatable bonds is 4. The molecule has 1 rings (SSSR count). The van der Waals surface area contributed by atoms with E-state index in [4.69, 9.17) is 0 Å². The highest BCUT2D eigenvalue weighted by Crippen LogP contribution is 2.06. The van der Waals surface area contributed by atoms with E-state index in [-0.39, 0.29) is 24.1 Å². The van der Waals surface area contributed by atoms with Crippen molar-refractivity contribution in [3.05, 3.63) is 29.8 Å². The second kappa shape index (κ2) is 6.09. The standard InChI is InChI=1S/C12H16FN3O2/c1-8(2)15-10(17)7-16(3)12(18)9-5-4-6-14-11(9)13/h4-6,8H,7H2,1-3H3,(H,15,17). The number of carbonyl (C=O) groups excluding carboxylic acids is 2. The first-order valence-corrected chi connectivity index (χ1v) is 5.57. The van der Waals surface area contributed by atoms with Crippen LogP contribution in [0, 0.1) is 5.95 Å². The van der Waals surface area contributed by atoms with Gasteiger partial charge < -0.3 is 10.2 Å². The molecule has 0 aromatic carbocycles. The van der Waals surface area contributed by atoms with Crippen molar-refractivity contribution >= 4 is 11.8 Å². The number of aromatic nitrogens is 1. The Bertz CT molecular complexity index is 449. The molecule has 0 aliphatic heterocycles. The molecular formula is C12H16FN3O2. The molecule has 0 bridgehead atoms. The zero-order chi connectivity index (χ0) is 13.7. The molecule has 0 saturated carbocycles. The first-order chi connectivity index (χ1) is 8.41. The van der Waals surface area contributed by atoms with E-state index in [0.29, 0.717) is 0 Å². The van der Waals surface area contributed by atoms with E-state index in [0.717, 1.165) is 4.90 Å². The molecule has 0 aliphatic rings. The number of nitrogens with zero attached hydrogens (tertiary/aromatic N) is 2. The minimum absolute atomic E-state index is 0.00358. The lowest BCUT2D eigenvalue weighted by molar-refractivity contribution is -0.122. The highest BCUT2D eigenvalue weighted by molar-refractivity contribution is 5.96. The second-order valence-corrected chi connectivity index (χ2v) is 4.23. The summed E-state index contributed by atoms with van der Waals surface area (Å²) in [6, 6.07) is 2.80. The van der Waals surface area contributed by atoms with Crippen molar-refractivity contribution < 1.29 is 14.0 Å². The Morgan fingerprint density at radius 1 is 1.50 bits per heavy atom. The largest absolute Gasteiger partial charge is 0.352 e. The molecule has 98 valence electrons. The molecular weight excluding hydrogens is 237 g/mol. The molecule has 0 spiro atoms. The van der Waals surface area contributed by atoms with Crippen LogP contribution in [0.3, 0.4) is 0 Å². The summed E-state index contributed by atoms with van der Waals surface area (Å²) in [6.45, 7) is 3.52. The van der Waals surface area contributed by atoms with Crippen molar-refractivity contribution in [3.8, 4) is 0 Å². The van der Waals surface area contributed by atoms with E-state index in [1.165, 1.54) is 25.4 Å². The number of nitrogens with one attached hydrogen (secondary N) is 1. The van der Waals surface area contributed by atoms with Gasteiger partial charge >= 0.3 is 0 Å². The van der Waals surface area contributed by atoms with Gasteiger partial charge in [0.05, 0.1) is 12.1 Å². The van der Waals surface area contributed by atoms with Crippen molar-refractivity contribution in [1.29, 1.82) is 0 Å². The smallest absolute Gasteiger partial charge is 0.258 e. The van der Waals surface area contributed by atoms with Crippen LogP contribution in [-0.4, -0.2) is 41.3 Å². The van der Waals surface area contributed by atoms with Crippen LogP contribution < -0.4 is 5.32 Å². The number of carbonyl (C=O) groups is 2. The first kappa shape index (κ1) is 14.1. The second-order valence-electron chi connectivity index (χ2n) is 4.23. The average Bonchev–Trinajstić information content (AvgIpc) is 2.27. The number of hydrogen-bond donors (Lipinski definition) is 1. The summed E-state index contributed by atoms with van der Waals surface area (Å²) in [5.41, 5.74) is -0.141. The third-order valence-electron chi connectivity index (χ3n) is 2.17. The minimum atomic E-state index is -0.835. The van der Waals surface area contributed by atoms with Crippen LogP contribution in [-0.2, 0) is 4.79 Å². The van der Waals surface area contributed by atoms with E-state index in [2.05, 4.69) is 10.3 Å². The van der Waals surface area contributed by atoms with Crippen LogP contribution in [0.1, 0.15) is 24.2 Å². The number of amides is 2. The molecule has 2 amide bonds. The predicted octanol–water partition coefficient (Wildman–Crippen LogP) is 0.817. The van der Waals surface area contributed by atoms with Gasteiger partial charge in [-0.05, 0) is 26.0 Å².